The van der Waals surface area contributed by atoms with Crippen LogP contribution in [0.1, 0.15) is 31.9 Å². The van der Waals surface area contributed by atoms with Crippen molar-refractivity contribution in [2.75, 3.05) is 0 Å². The number of benzene rings is 5. The molecule has 0 saturated heterocycles. The molecule has 230 valence electrons. The molecule has 0 bridgehead atoms. The highest BCUT2D eigenvalue weighted by Crippen LogP contribution is 2.42. The lowest BCUT2D eigenvalue weighted by Gasteiger charge is -2.24. The quantitative estimate of drug-likeness (QED) is 0.0832. The zero-order valence-corrected chi connectivity index (χ0v) is 25.8. The first kappa shape index (κ1) is 29.6. The number of fused-ring (bicyclic) bond motifs is 4. The summed E-state index contributed by atoms with van der Waals surface area (Å²) < 4.78 is 76.3. The summed E-state index contributed by atoms with van der Waals surface area (Å²) in [5.74, 6) is -9.95. The van der Waals surface area contributed by atoms with E-state index in [1.807, 2.05) is 58.6 Å². The molecular weight excluding hydrogens is 593 g/mol. The van der Waals surface area contributed by atoms with Crippen LogP contribution >= 0.6 is 0 Å². The summed E-state index contributed by atoms with van der Waals surface area (Å²) in [7, 11) is 1.92. The smallest absolute Gasteiger partial charge is 0.287 e. The minimum atomic E-state index is -2.19. The van der Waals surface area contributed by atoms with Gasteiger partial charge in [-0.05, 0) is 75.1 Å². The first-order valence-electron chi connectivity index (χ1n) is 14.8. The van der Waals surface area contributed by atoms with E-state index in [-0.39, 0.29) is 11.0 Å². The molecule has 0 aliphatic carbocycles. The number of hydrogen-bond acceptors (Lipinski definition) is 1. The van der Waals surface area contributed by atoms with Crippen LogP contribution in [0.2, 0.25) is 0 Å². The second-order valence-corrected chi connectivity index (χ2v) is 12.6. The van der Waals surface area contributed by atoms with Crippen molar-refractivity contribution in [2.45, 2.75) is 33.1 Å². The molecule has 0 N–H and O–H groups in total. The van der Waals surface area contributed by atoms with Crippen LogP contribution in [0.15, 0.2) is 85.2 Å². The van der Waals surface area contributed by atoms with E-state index in [4.69, 9.17) is 4.98 Å². The minimum absolute atomic E-state index is 0.152. The summed E-state index contributed by atoms with van der Waals surface area (Å²) in [4.78, 5) is 4.78. The van der Waals surface area contributed by atoms with Gasteiger partial charge in [0.15, 0.2) is 29.0 Å². The van der Waals surface area contributed by atoms with E-state index in [1.54, 1.807) is 12.4 Å². The van der Waals surface area contributed by atoms with Gasteiger partial charge >= 0.3 is 0 Å². The molecule has 8 heteroatoms. The van der Waals surface area contributed by atoms with Crippen LogP contribution in [0.3, 0.4) is 0 Å². The Balaban J connectivity index is 1.64. The molecule has 7 rings (SSSR count). The van der Waals surface area contributed by atoms with Gasteiger partial charge < -0.3 is 4.57 Å². The third kappa shape index (κ3) is 4.30. The number of nitrogens with zero attached hydrogens (tertiary/aromatic N) is 3. The summed E-state index contributed by atoms with van der Waals surface area (Å²) in [6.45, 7) is 8.63. The Morgan fingerprint density at radius 1 is 0.696 bits per heavy atom. The second kappa shape index (κ2) is 10.5. The van der Waals surface area contributed by atoms with Gasteiger partial charge in [-0.3, -0.25) is 0 Å². The number of halogens is 5. The highest BCUT2D eigenvalue weighted by atomic mass is 19.2. The molecule has 0 unspecified atom stereocenters. The molecule has 0 radical (unpaired) electrons. The molecule has 0 aliphatic heterocycles. The van der Waals surface area contributed by atoms with E-state index < -0.39 is 34.6 Å². The van der Waals surface area contributed by atoms with Gasteiger partial charge in [-0.25, -0.2) is 26.5 Å². The number of hydrogen-bond donors (Lipinski definition) is 0. The number of para-hydroxylation sites is 1. The van der Waals surface area contributed by atoms with E-state index in [0.717, 1.165) is 33.4 Å². The Labute approximate surface area is 262 Å². The lowest BCUT2D eigenvalue weighted by atomic mass is 9.80. The number of aryl methyl sites for hydroxylation is 2. The Morgan fingerprint density at radius 2 is 1.30 bits per heavy atom. The lowest BCUT2D eigenvalue weighted by molar-refractivity contribution is -0.662. The maximum Gasteiger partial charge on any atom is 0.287 e. The van der Waals surface area contributed by atoms with E-state index in [1.165, 1.54) is 23.1 Å². The van der Waals surface area contributed by atoms with Crippen molar-refractivity contribution in [2.24, 2.45) is 7.05 Å². The van der Waals surface area contributed by atoms with Gasteiger partial charge in [0, 0.05) is 11.3 Å². The first-order chi connectivity index (χ1) is 21.9. The summed E-state index contributed by atoms with van der Waals surface area (Å²) >= 11 is 0. The van der Waals surface area contributed by atoms with Crippen molar-refractivity contribution >= 4 is 32.7 Å². The fourth-order valence-electron chi connectivity index (χ4n) is 6.56. The van der Waals surface area contributed by atoms with Crippen LogP contribution in [0.4, 0.5) is 22.0 Å². The normalized spacial score (nSPS) is 12.1. The third-order valence-electron chi connectivity index (χ3n) is 8.77. The predicted molar refractivity (Wildman–Crippen MR) is 171 cm³/mol. The van der Waals surface area contributed by atoms with Crippen LogP contribution in [0.25, 0.3) is 60.8 Å². The van der Waals surface area contributed by atoms with Crippen LogP contribution in [-0.4, -0.2) is 9.55 Å². The minimum Gasteiger partial charge on any atom is -0.302 e. The molecule has 0 aliphatic rings. The maximum atomic E-state index is 15.0. The maximum absolute atomic E-state index is 15.0. The highest BCUT2D eigenvalue weighted by Gasteiger charge is 2.30. The van der Waals surface area contributed by atoms with Crippen LogP contribution in [0.5, 0.6) is 0 Å². The predicted octanol–water partition coefficient (Wildman–Crippen LogP) is 9.79. The number of aromatic nitrogens is 3. The molecule has 0 amide bonds. The number of rotatable bonds is 3. The van der Waals surface area contributed by atoms with Crippen molar-refractivity contribution in [3.05, 3.63) is 125 Å². The van der Waals surface area contributed by atoms with Gasteiger partial charge in [0.1, 0.15) is 5.52 Å². The SMILES string of the molecule is Cc1c(-c2c3c(nc[n+]2C)c2cc(-c4c(F)c(F)c(F)c(F)c4F)ccc2n3-c2ccccc2)cc(C(C)(C)C)c2ccccc12. The molecule has 46 heavy (non-hydrogen) atoms. The molecule has 3 nitrogen and oxygen atoms in total. The zero-order chi connectivity index (χ0) is 32.7. The monoisotopic (exact) mass is 622 g/mol. The van der Waals surface area contributed by atoms with E-state index >= 15 is 0 Å². The van der Waals surface area contributed by atoms with Crippen molar-refractivity contribution in [3.63, 3.8) is 0 Å². The van der Waals surface area contributed by atoms with Crippen LogP contribution < -0.4 is 4.57 Å². The highest BCUT2D eigenvalue weighted by molar-refractivity contribution is 6.12. The molecular formula is C38H29F5N3+. The molecule has 0 saturated carbocycles. The standard InChI is InChI=1S/C38H29F5N3/c1-20-23-13-9-10-14-24(23)27(38(2,3)4)18-25(20)36-37-35(44-19-45(36)5)26-17-21(29-30(39)32(41)34(43)33(42)31(29)40)15-16-28(26)46(37)22-11-7-6-8-12-22/h6-19H,1-5H3/q+1. The van der Waals surface area contributed by atoms with E-state index in [0.29, 0.717) is 16.4 Å². The van der Waals surface area contributed by atoms with E-state index in [9.17, 15) is 22.0 Å². The Hall–Kier alpha value is -5.11. The second-order valence-electron chi connectivity index (χ2n) is 12.6. The van der Waals surface area contributed by atoms with Crippen molar-refractivity contribution in [3.8, 4) is 28.1 Å². The lowest BCUT2D eigenvalue weighted by Crippen LogP contribution is -2.32. The van der Waals surface area contributed by atoms with Crippen LogP contribution in [-0.2, 0) is 12.5 Å². The third-order valence-corrected chi connectivity index (χ3v) is 8.77. The topological polar surface area (TPSA) is 21.7 Å². The summed E-state index contributed by atoms with van der Waals surface area (Å²) in [6, 6.07) is 24.6. The summed E-state index contributed by atoms with van der Waals surface area (Å²) in [6.07, 6.45) is 1.68. The Kier molecular flexibility index (Phi) is 6.74. The van der Waals surface area contributed by atoms with Crippen molar-refractivity contribution in [1.82, 2.24) is 9.55 Å². The Morgan fingerprint density at radius 3 is 1.96 bits per heavy atom. The molecule has 0 fully saturated rings. The molecule has 2 aromatic heterocycles. The summed E-state index contributed by atoms with van der Waals surface area (Å²) in [5.41, 5.74) is 5.49. The van der Waals surface area contributed by atoms with Gasteiger partial charge in [-0.2, -0.15) is 0 Å². The molecule has 2 heterocycles. The zero-order valence-electron chi connectivity index (χ0n) is 25.8. The molecule has 0 spiro atoms. The molecule has 0 atom stereocenters. The van der Waals surface area contributed by atoms with Gasteiger partial charge in [0.25, 0.3) is 6.33 Å². The fourth-order valence-corrected chi connectivity index (χ4v) is 6.56. The van der Waals surface area contributed by atoms with Gasteiger partial charge in [-0.15, -0.1) is 0 Å². The molecule has 5 aromatic carbocycles. The van der Waals surface area contributed by atoms with E-state index in [2.05, 4.69) is 45.9 Å². The van der Waals surface area contributed by atoms with Crippen molar-refractivity contribution < 1.29 is 26.5 Å². The Bertz CT molecular complexity index is 2340. The first-order valence-corrected chi connectivity index (χ1v) is 14.8. The molecule has 7 aromatic rings. The largest absolute Gasteiger partial charge is 0.302 e. The average Bonchev–Trinajstić information content (AvgIpc) is 3.37. The van der Waals surface area contributed by atoms with Crippen molar-refractivity contribution in [1.29, 1.82) is 0 Å². The van der Waals surface area contributed by atoms with Gasteiger partial charge in [0.2, 0.25) is 11.3 Å². The average molecular weight is 623 g/mol. The summed E-state index contributed by atoms with van der Waals surface area (Å²) in [5, 5.41) is 2.78. The van der Waals surface area contributed by atoms with Gasteiger partial charge in [-0.1, -0.05) is 69.3 Å². The van der Waals surface area contributed by atoms with Gasteiger partial charge in [0.05, 0.1) is 23.5 Å². The van der Waals surface area contributed by atoms with Crippen LogP contribution in [0, 0.1) is 36.0 Å². The fraction of sp³-hybridized carbons (Fsp3) is 0.158.